The predicted octanol–water partition coefficient (Wildman–Crippen LogP) is 4.25. The first kappa shape index (κ1) is 17.9. The van der Waals surface area contributed by atoms with Gasteiger partial charge in [0.25, 0.3) is 0 Å². The highest BCUT2D eigenvalue weighted by molar-refractivity contribution is 5.86. The molecule has 136 valence electrons. The van der Waals surface area contributed by atoms with Crippen molar-refractivity contribution in [2.24, 2.45) is 0 Å². The molecule has 5 nitrogen and oxygen atoms in total. The van der Waals surface area contributed by atoms with E-state index in [2.05, 4.69) is 11.1 Å². The Bertz CT molecular complexity index is 883. The van der Waals surface area contributed by atoms with Crippen molar-refractivity contribution in [1.29, 1.82) is 0 Å². The number of aromatic nitrogens is 1. The molecule has 0 radical (unpaired) electrons. The molecule has 0 amide bonds. The van der Waals surface area contributed by atoms with E-state index in [-0.39, 0.29) is 0 Å². The summed E-state index contributed by atoms with van der Waals surface area (Å²) in [6.07, 6.45) is 4.46. The van der Waals surface area contributed by atoms with Crippen LogP contribution in [0.3, 0.4) is 0 Å². The molecule has 0 unspecified atom stereocenters. The average Bonchev–Trinajstić information content (AvgIpc) is 2.67. The summed E-state index contributed by atoms with van der Waals surface area (Å²) in [5.74, 6) is 2.74. The molecule has 0 aliphatic rings. The summed E-state index contributed by atoms with van der Waals surface area (Å²) in [6.45, 7) is 2.62. The van der Waals surface area contributed by atoms with Crippen LogP contribution in [-0.2, 0) is 6.42 Å². The highest BCUT2D eigenvalue weighted by Gasteiger charge is 2.14. The topological polar surface area (TPSA) is 49.8 Å². The number of benzene rings is 2. The molecular weight excluding hydrogens is 330 g/mol. The van der Waals surface area contributed by atoms with E-state index < -0.39 is 0 Å². The van der Waals surface area contributed by atoms with Crippen molar-refractivity contribution in [3.8, 4) is 23.0 Å². The number of rotatable bonds is 7. The molecule has 0 bridgehead atoms. The quantitative estimate of drug-likeness (QED) is 0.635. The first-order valence-corrected chi connectivity index (χ1v) is 8.48. The zero-order valence-electron chi connectivity index (χ0n) is 15.5. The molecule has 0 N–H and O–H groups in total. The Labute approximate surface area is 153 Å². The summed E-state index contributed by atoms with van der Waals surface area (Å²) in [7, 11) is 4.84. The number of hydrogen-bond donors (Lipinski definition) is 0. The molecule has 2 aromatic carbocycles. The molecule has 0 aliphatic heterocycles. The molecular formula is C21H23NO4. The van der Waals surface area contributed by atoms with Crippen molar-refractivity contribution < 1.29 is 18.9 Å². The monoisotopic (exact) mass is 353 g/mol. The van der Waals surface area contributed by atoms with E-state index in [1.165, 1.54) is 0 Å². The minimum absolute atomic E-state index is 0.594. The van der Waals surface area contributed by atoms with Crippen LogP contribution in [0, 0.1) is 0 Å². The van der Waals surface area contributed by atoms with Gasteiger partial charge in [-0.1, -0.05) is 6.07 Å². The van der Waals surface area contributed by atoms with Gasteiger partial charge in [-0.3, -0.25) is 4.98 Å². The predicted molar refractivity (Wildman–Crippen MR) is 102 cm³/mol. The first-order chi connectivity index (χ1) is 12.7. The average molecular weight is 353 g/mol. The molecule has 3 aromatic rings. The van der Waals surface area contributed by atoms with E-state index in [0.717, 1.165) is 27.6 Å². The highest BCUT2D eigenvalue weighted by atomic mass is 16.5. The Hall–Kier alpha value is -2.95. The smallest absolute Gasteiger partial charge is 0.203 e. The van der Waals surface area contributed by atoms with Crippen molar-refractivity contribution in [2.75, 3.05) is 27.9 Å². The zero-order valence-corrected chi connectivity index (χ0v) is 15.5. The normalized spacial score (nSPS) is 10.6. The molecule has 1 aromatic heterocycles. The lowest BCUT2D eigenvalue weighted by Crippen LogP contribution is -1.98. The Kier molecular flexibility index (Phi) is 5.46. The Balaban J connectivity index is 2.01. The summed E-state index contributed by atoms with van der Waals surface area (Å²) in [5.41, 5.74) is 2.18. The lowest BCUT2D eigenvalue weighted by Gasteiger charge is -2.15. The largest absolute Gasteiger partial charge is 0.494 e. The van der Waals surface area contributed by atoms with Crippen molar-refractivity contribution in [3.63, 3.8) is 0 Å². The van der Waals surface area contributed by atoms with Crippen molar-refractivity contribution >= 4 is 10.8 Å². The third-order valence-electron chi connectivity index (χ3n) is 4.24. The van der Waals surface area contributed by atoms with Gasteiger partial charge < -0.3 is 18.9 Å². The van der Waals surface area contributed by atoms with Gasteiger partial charge in [0.2, 0.25) is 5.75 Å². The third kappa shape index (κ3) is 3.52. The number of fused-ring (bicyclic) bond motifs is 1. The van der Waals surface area contributed by atoms with Gasteiger partial charge in [-0.25, -0.2) is 0 Å². The van der Waals surface area contributed by atoms with Gasteiger partial charge in [0, 0.05) is 17.8 Å². The standard InChI is InChI=1S/C21H23NO4/c1-5-26-17-6-7-18-15(12-22-13-16(18)11-17)8-14-9-19(23-2)21(25-4)20(10-14)24-3/h6-7,9-13H,5,8H2,1-4H3. The van der Waals surface area contributed by atoms with E-state index >= 15 is 0 Å². The molecule has 0 saturated heterocycles. The van der Waals surface area contributed by atoms with E-state index in [1.54, 1.807) is 21.3 Å². The minimum atomic E-state index is 0.594. The van der Waals surface area contributed by atoms with Crippen LogP contribution >= 0.6 is 0 Å². The molecule has 3 rings (SSSR count). The number of nitrogens with zero attached hydrogens (tertiary/aromatic N) is 1. The molecule has 0 aliphatic carbocycles. The molecule has 1 heterocycles. The maximum atomic E-state index is 5.58. The maximum Gasteiger partial charge on any atom is 0.203 e. The van der Waals surface area contributed by atoms with Gasteiger partial charge in [-0.05, 0) is 54.1 Å². The van der Waals surface area contributed by atoms with E-state index in [1.807, 2.05) is 43.6 Å². The fourth-order valence-electron chi connectivity index (χ4n) is 3.07. The van der Waals surface area contributed by atoms with Gasteiger partial charge in [-0.2, -0.15) is 0 Å². The summed E-state index contributed by atoms with van der Waals surface area (Å²) in [5, 5.41) is 2.21. The van der Waals surface area contributed by atoms with Gasteiger partial charge in [-0.15, -0.1) is 0 Å². The number of pyridine rings is 1. The highest BCUT2D eigenvalue weighted by Crippen LogP contribution is 2.39. The number of hydrogen-bond acceptors (Lipinski definition) is 5. The second-order valence-corrected chi connectivity index (χ2v) is 5.82. The van der Waals surface area contributed by atoms with Crippen LogP contribution in [-0.4, -0.2) is 32.9 Å². The van der Waals surface area contributed by atoms with Gasteiger partial charge in [0.05, 0.1) is 27.9 Å². The second-order valence-electron chi connectivity index (χ2n) is 5.82. The number of ether oxygens (including phenoxy) is 4. The molecule has 0 spiro atoms. The fraction of sp³-hybridized carbons (Fsp3) is 0.286. The Morgan fingerprint density at radius 3 is 2.23 bits per heavy atom. The van der Waals surface area contributed by atoms with Crippen molar-refractivity contribution in [1.82, 2.24) is 4.98 Å². The molecule has 5 heteroatoms. The van der Waals surface area contributed by atoms with Crippen LogP contribution in [0.1, 0.15) is 18.1 Å². The zero-order chi connectivity index (χ0) is 18.5. The summed E-state index contributed by atoms with van der Waals surface area (Å²) < 4.78 is 21.9. The lowest BCUT2D eigenvalue weighted by atomic mass is 10.00. The van der Waals surface area contributed by atoms with Crippen molar-refractivity contribution in [2.45, 2.75) is 13.3 Å². The van der Waals surface area contributed by atoms with Gasteiger partial charge in [0.1, 0.15) is 5.75 Å². The van der Waals surface area contributed by atoms with E-state index in [9.17, 15) is 0 Å². The molecule has 0 fully saturated rings. The van der Waals surface area contributed by atoms with Crippen LogP contribution in [0.25, 0.3) is 10.8 Å². The summed E-state index contributed by atoms with van der Waals surface area (Å²) in [4.78, 5) is 4.39. The maximum absolute atomic E-state index is 5.58. The molecule has 26 heavy (non-hydrogen) atoms. The van der Waals surface area contributed by atoms with Gasteiger partial charge >= 0.3 is 0 Å². The first-order valence-electron chi connectivity index (χ1n) is 8.48. The Morgan fingerprint density at radius 1 is 0.885 bits per heavy atom. The number of methoxy groups -OCH3 is 3. The van der Waals surface area contributed by atoms with Crippen LogP contribution in [0.4, 0.5) is 0 Å². The van der Waals surface area contributed by atoms with E-state index in [4.69, 9.17) is 18.9 Å². The fourth-order valence-corrected chi connectivity index (χ4v) is 3.07. The SMILES string of the molecule is CCOc1ccc2c(Cc3cc(OC)c(OC)c(OC)c3)cncc2c1. The van der Waals surface area contributed by atoms with Crippen LogP contribution in [0.5, 0.6) is 23.0 Å². The van der Waals surface area contributed by atoms with Crippen LogP contribution in [0.15, 0.2) is 42.7 Å². The molecule has 0 saturated carbocycles. The summed E-state index contributed by atoms with van der Waals surface area (Å²) >= 11 is 0. The molecule has 0 atom stereocenters. The Morgan fingerprint density at radius 2 is 1.62 bits per heavy atom. The van der Waals surface area contributed by atoms with Crippen molar-refractivity contribution in [3.05, 3.63) is 53.9 Å². The summed E-state index contributed by atoms with van der Waals surface area (Å²) in [6, 6.07) is 10.0. The minimum Gasteiger partial charge on any atom is -0.494 e. The van der Waals surface area contributed by atoms with E-state index in [0.29, 0.717) is 30.3 Å². The second kappa shape index (κ2) is 7.95. The lowest BCUT2D eigenvalue weighted by molar-refractivity contribution is 0.324. The van der Waals surface area contributed by atoms with Crippen LogP contribution in [0.2, 0.25) is 0 Å². The third-order valence-corrected chi connectivity index (χ3v) is 4.24. The van der Waals surface area contributed by atoms with Crippen LogP contribution < -0.4 is 18.9 Å². The van der Waals surface area contributed by atoms with Gasteiger partial charge in [0.15, 0.2) is 11.5 Å².